The van der Waals surface area contributed by atoms with Gasteiger partial charge in [-0.1, -0.05) is 0 Å². The molecule has 1 aliphatic rings. The lowest BCUT2D eigenvalue weighted by Crippen LogP contribution is -2.47. The predicted molar refractivity (Wildman–Crippen MR) is 81.9 cm³/mol. The number of imide groups is 1. The van der Waals surface area contributed by atoms with E-state index in [1.54, 1.807) is 0 Å². The molecule has 0 atom stereocenters. The maximum atomic E-state index is 12.4. The first-order chi connectivity index (χ1) is 10.3. The van der Waals surface area contributed by atoms with Crippen LogP contribution < -0.4 is 5.73 Å². The number of carbonyl (C=O) groups excluding carboxylic acids is 4. The average molecular weight is 310 g/mol. The summed E-state index contributed by atoms with van der Waals surface area (Å²) < 4.78 is 0. The van der Waals surface area contributed by atoms with Crippen molar-refractivity contribution in [2.24, 2.45) is 5.73 Å². The fraction of sp³-hybridized carbons (Fsp3) is 0.750. The maximum absolute atomic E-state index is 12.4. The summed E-state index contributed by atoms with van der Waals surface area (Å²) in [4.78, 5) is 48.1. The largest absolute Gasteiger partial charge is 0.328 e. The molecular formula is C16H26N2O4. The number of amides is 2. The molecule has 0 saturated heterocycles. The number of hydrogen-bond donors (Lipinski definition) is 1. The molecule has 2 N–H and O–H groups in total. The van der Waals surface area contributed by atoms with Crippen molar-refractivity contribution in [3.63, 3.8) is 0 Å². The standard InChI is InChI=1S/C16H26N2O4/c1-11(19)3-9-15(21)18(16(22)10-4-12(2)20)14-7-5-13(17)6-8-14/h13-14H,3-10,17H2,1-2H3. The van der Waals surface area contributed by atoms with Gasteiger partial charge in [0.1, 0.15) is 11.6 Å². The third-order valence-corrected chi connectivity index (χ3v) is 4.03. The minimum absolute atomic E-state index is 0.0453. The van der Waals surface area contributed by atoms with E-state index < -0.39 is 0 Å². The second-order valence-corrected chi connectivity index (χ2v) is 6.13. The number of nitrogens with two attached hydrogens (primary N) is 1. The Hall–Kier alpha value is -1.56. The summed E-state index contributed by atoms with van der Waals surface area (Å²) in [6, 6.07) is -0.0311. The molecule has 22 heavy (non-hydrogen) atoms. The van der Waals surface area contributed by atoms with Crippen molar-refractivity contribution in [1.29, 1.82) is 0 Å². The Kier molecular flexibility index (Phi) is 7.38. The van der Waals surface area contributed by atoms with Gasteiger partial charge >= 0.3 is 0 Å². The zero-order valence-corrected chi connectivity index (χ0v) is 13.5. The van der Waals surface area contributed by atoms with Gasteiger partial charge in [0.2, 0.25) is 11.8 Å². The SMILES string of the molecule is CC(=O)CCC(=O)N(C(=O)CCC(C)=O)C1CCC(N)CC1. The van der Waals surface area contributed by atoms with Crippen LogP contribution in [0.5, 0.6) is 0 Å². The van der Waals surface area contributed by atoms with Crippen molar-refractivity contribution < 1.29 is 19.2 Å². The molecule has 0 spiro atoms. The van der Waals surface area contributed by atoms with Crippen molar-refractivity contribution in [3.8, 4) is 0 Å². The Morgan fingerprint density at radius 2 is 1.23 bits per heavy atom. The summed E-state index contributed by atoms with van der Waals surface area (Å²) in [5, 5.41) is 0. The van der Waals surface area contributed by atoms with Gasteiger partial charge in [-0.3, -0.25) is 14.5 Å². The average Bonchev–Trinajstić information content (AvgIpc) is 2.45. The summed E-state index contributed by atoms with van der Waals surface area (Å²) in [6.45, 7) is 2.85. The molecule has 0 aromatic carbocycles. The quantitative estimate of drug-likeness (QED) is 0.765. The van der Waals surface area contributed by atoms with Crippen LogP contribution in [0.25, 0.3) is 0 Å². The minimum atomic E-state index is -0.316. The van der Waals surface area contributed by atoms with Crippen molar-refractivity contribution in [1.82, 2.24) is 4.90 Å². The van der Waals surface area contributed by atoms with Crippen LogP contribution >= 0.6 is 0 Å². The summed E-state index contributed by atoms with van der Waals surface area (Å²) >= 11 is 0. The third-order valence-electron chi connectivity index (χ3n) is 4.03. The number of nitrogens with zero attached hydrogens (tertiary/aromatic N) is 1. The Bertz CT molecular complexity index is 409. The Balaban J connectivity index is 2.74. The van der Waals surface area contributed by atoms with Gasteiger partial charge in [-0.2, -0.15) is 0 Å². The van der Waals surface area contributed by atoms with Crippen LogP contribution in [0.2, 0.25) is 0 Å². The number of rotatable bonds is 7. The lowest BCUT2D eigenvalue weighted by Gasteiger charge is -2.34. The summed E-state index contributed by atoms with van der Waals surface area (Å²) in [5.41, 5.74) is 5.87. The van der Waals surface area contributed by atoms with Gasteiger partial charge in [0.25, 0.3) is 0 Å². The molecular weight excluding hydrogens is 284 g/mol. The summed E-state index contributed by atoms with van der Waals surface area (Å²) in [5.74, 6) is -0.779. The maximum Gasteiger partial charge on any atom is 0.229 e. The number of hydrogen-bond acceptors (Lipinski definition) is 5. The topological polar surface area (TPSA) is 97.5 Å². The van der Waals surface area contributed by atoms with E-state index in [0.29, 0.717) is 12.8 Å². The highest BCUT2D eigenvalue weighted by atomic mass is 16.2. The van der Waals surface area contributed by atoms with Crippen molar-refractivity contribution in [3.05, 3.63) is 0 Å². The molecule has 2 amide bonds. The van der Waals surface area contributed by atoms with Gasteiger partial charge in [0.15, 0.2) is 0 Å². The van der Waals surface area contributed by atoms with E-state index in [4.69, 9.17) is 5.73 Å². The van der Waals surface area contributed by atoms with Crippen LogP contribution in [0.1, 0.15) is 65.2 Å². The second kappa shape index (κ2) is 8.78. The molecule has 0 aromatic heterocycles. The monoisotopic (exact) mass is 310 g/mol. The second-order valence-electron chi connectivity index (χ2n) is 6.13. The Labute approximate surface area is 131 Å². The van der Waals surface area contributed by atoms with Crippen molar-refractivity contribution in [2.45, 2.75) is 77.3 Å². The van der Waals surface area contributed by atoms with Gasteiger partial charge in [0, 0.05) is 37.8 Å². The molecule has 6 nitrogen and oxygen atoms in total. The Morgan fingerprint density at radius 1 is 0.818 bits per heavy atom. The summed E-state index contributed by atoms with van der Waals surface area (Å²) in [6.07, 6.45) is 3.32. The first kappa shape index (κ1) is 18.5. The van der Waals surface area contributed by atoms with Crippen LogP contribution in [0.3, 0.4) is 0 Å². The molecule has 0 radical (unpaired) electrons. The molecule has 0 heterocycles. The molecule has 1 fully saturated rings. The van der Waals surface area contributed by atoms with Crippen molar-refractivity contribution >= 4 is 23.4 Å². The molecule has 0 bridgehead atoms. The molecule has 0 aliphatic heterocycles. The van der Waals surface area contributed by atoms with Gasteiger partial charge in [0.05, 0.1) is 0 Å². The highest BCUT2D eigenvalue weighted by Crippen LogP contribution is 2.24. The highest BCUT2D eigenvalue weighted by molar-refractivity contribution is 5.98. The molecule has 1 rings (SSSR count). The summed E-state index contributed by atoms with van der Waals surface area (Å²) in [7, 11) is 0. The lowest BCUT2D eigenvalue weighted by molar-refractivity contribution is -0.149. The Morgan fingerprint density at radius 3 is 1.59 bits per heavy atom. The fourth-order valence-electron chi connectivity index (χ4n) is 2.71. The normalized spacial score (nSPS) is 21.2. The van der Waals surface area contributed by atoms with Gasteiger partial charge in [-0.15, -0.1) is 0 Å². The minimum Gasteiger partial charge on any atom is -0.328 e. The third kappa shape index (κ3) is 6.05. The predicted octanol–water partition coefficient (Wildman–Crippen LogP) is 1.35. The van der Waals surface area contributed by atoms with E-state index in [1.807, 2.05) is 0 Å². The first-order valence-corrected chi connectivity index (χ1v) is 7.90. The molecule has 6 heteroatoms. The lowest BCUT2D eigenvalue weighted by atomic mass is 9.90. The van der Waals surface area contributed by atoms with Crippen LogP contribution in [0.4, 0.5) is 0 Å². The van der Waals surface area contributed by atoms with Crippen LogP contribution in [0, 0.1) is 0 Å². The number of Topliss-reactive ketones (excluding diaryl/α,β-unsaturated/α-hetero) is 2. The molecule has 0 aromatic rings. The zero-order valence-electron chi connectivity index (χ0n) is 13.5. The van der Waals surface area contributed by atoms with Gasteiger partial charge in [-0.25, -0.2) is 0 Å². The van der Waals surface area contributed by atoms with Crippen molar-refractivity contribution in [2.75, 3.05) is 0 Å². The van der Waals surface area contributed by atoms with Gasteiger partial charge in [-0.05, 0) is 39.5 Å². The fourth-order valence-corrected chi connectivity index (χ4v) is 2.71. The van der Waals surface area contributed by atoms with Gasteiger partial charge < -0.3 is 15.3 Å². The first-order valence-electron chi connectivity index (χ1n) is 7.90. The molecule has 1 saturated carbocycles. The number of ketones is 2. The van der Waals surface area contributed by atoms with E-state index in [9.17, 15) is 19.2 Å². The van der Waals surface area contributed by atoms with Crippen LogP contribution in [-0.2, 0) is 19.2 Å². The molecule has 124 valence electrons. The van der Waals surface area contributed by atoms with E-state index in [1.165, 1.54) is 18.7 Å². The van der Waals surface area contributed by atoms with Crippen LogP contribution in [0.15, 0.2) is 0 Å². The van der Waals surface area contributed by atoms with E-state index >= 15 is 0 Å². The van der Waals surface area contributed by atoms with E-state index in [0.717, 1.165) is 12.8 Å². The number of carbonyl (C=O) groups is 4. The van der Waals surface area contributed by atoms with E-state index in [-0.39, 0.29) is 61.1 Å². The zero-order chi connectivity index (χ0) is 16.7. The molecule has 1 aliphatic carbocycles. The highest BCUT2D eigenvalue weighted by Gasteiger charge is 2.31. The smallest absolute Gasteiger partial charge is 0.229 e. The molecule has 0 unspecified atom stereocenters. The van der Waals surface area contributed by atoms with Crippen LogP contribution in [-0.4, -0.2) is 40.4 Å². The van der Waals surface area contributed by atoms with E-state index in [2.05, 4.69) is 0 Å².